The third-order valence-corrected chi connectivity index (χ3v) is 4.18. The monoisotopic (exact) mass is 277 g/mol. The van der Waals surface area contributed by atoms with Crippen molar-refractivity contribution < 1.29 is 9.90 Å². The summed E-state index contributed by atoms with van der Waals surface area (Å²) in [5, 5.41) is 9.13. The highest BCUT2D eigenvalue weighted by molar-refractivity contribution is 7.99. The lowest BCUT2D eigenvalue weighted by atomic mass is 10.1. The molecule has 0 atom stereocenters. The maximum Gasteiger partial charge on any atom is 0.256 e. The van der Waals surface area contributed by atoms with Gasteiger partial charge in [-0.1, -0.05) is 6.07 Å². The van der Waals surface area contributed by atoms with Crippen LogP contribution in [0.4, 0.5) is 0 Å². The van der Waals surface area contributed by atoms with Crippen LogP contribution in [0.3, 0.4) is 0 Å². The molecule has 0 saturated carbocycles. The average molecular weight is 277 g/mol. The van der Waals surface area contributed by atoms with Gasteiger partial charge < -0.3 is 15.0 Å². The fourth-order valence-corrected chi connectivity index (χ4v) is 3.17. The Kier molecular flexibility index (Phi) is 3.44. The highest BCUT2D eigenvalue weighted by Crippen LogP contribution is 2.20. The Hall–Kier alpha value is -1.53. The Labute approximate surface area is 115 Å². The first-order chi connectivity index (χ1) is 9.29. The number of carbonyl (C=O) groups is 1. The van der Waals surface area contributed by atoms with E-state index in [1.807, 2.05) is 28.8 Å². The number of aliphatic hydroxyl groups excluding tert-OH is 1. The summed E-state index contributed by atoms with van der Waals surface area (Å²) in [6.45, 7) is 1.43. The number of aromatic amines is 1. The van der Waals surface area contributed by atoms with Crippen molar-refractivity contribution in [1.82, 2.24) is 14.9 Å². The van der Waals surface area contributed by atoms with Crippen LogP contribution in [0.5, 0.6) is 0 Å². The van der Waals surface area contributed by atoms with Gasteiger partial charge in [-0.3, -0.25) is 4.79 Å². The number of benzene rings is 1. The fraction of sp³-hybridized carbons (Fsp3) is 0.385. The number of aliphatic hydroxyl groups is 1. The number of H-pyrrole nitrogens is 1. The Morgan fingerprint density at radius 2 is 2.21 bits per heavy atom. The van der Waals surface area contributed by atoms with E-state index in [1.54, 1.807) is 6.07 Å². The Bertz CT molecular complexity index is 605. The Morgan fingerprint density at radius 3 is 2.95 bits per heavy atom. The molecule has 1 amide bonds. The van der Waals surface area contributed by atoms with E-state index in [0.717, 1.165) is 30.1 Å². The second-order valence-electron chi connectivity index (χ2n) is 4.45. The molecule has 2 heterocycles. The molecule has 1 aliphatic heterocycles. The van der Waals surface area contributed by atoms with Crippen molar-refractivity contribution in [2.75, 3.05) is 24.6 Å². The molecule has 1 fully saturated rings. The van der Waals surface area contributed by atoms with Crippen LogP contribution in [0.15, 0.2) is 18.2 Å². The molecular formula is C13H15N3O2S. The predicted molar refractivity (Wildman–Crippen MR) is 75.2 cm³/mol. The van der Waals surface area contributed by atoms with Gasteiger partial charge in [0.1, 0.15) is 17.9 Å². The number of hydrogen-bond acceptors (Lipinski definition) is 4. The van der Waals surface area contributed by atoms with Gasteiger partial charge >= 0.3 is 0 Å². The summed E-state index contributed by atoms with van der Waals surface area (Å²) < 4.78 is 0. The van der Waals surface area contributed by atoms with E-state index in [9.17, 15) is 4.79 Å². The van der Waals surface area contributed by atoms with E-state index in [0.29, 0.717) is 16.9 Å². The summed E-state index contributed by atoms with van der Waals surface area (Å²) in [7, 11) is 0. The zero-order valence-corrected chi connectivity index (χ0v) is 11.2. The van der Waals surface area contributed by atoms with Crippen molar-refractivity contribution in [1.29, 1.82) is 0 Å². The van der Waals surface area contributed by atoms with E-state index >= 15 is 0 Å². The minimum atomic E-state index is -0.150. The van der Waals surface area contributed by atoms with Crippen LogP contribution in [0.2, 0.25) is 0 Å². The molecule has 3 rings (SSSR count). The standard InChI is InChI=1S/C13H15N3O2S/c17-8-11-14-10-3-1-2-9(12(10)15-11)13(18)16-4-6-19-7-5-16/h1-3,17H,4-8H2,(H,14,15). The molecule has 1 aromatic carbocycles. The van der Waals surface area contributed by atoms with Gasteiger partial charge in [-0.2, -0.15) is 11.8 Å². The van der Waals surface area contributed by atoms with Crippen molar-refractivity contribution >= 4 is 28.7 Å². The van der Waals surface area contributed by atoms with Crippen LogP contribution < -0.4 is 0 Å². The van der Waals surface area contributed by atoms with Crippen LogP contribution >= 0.6 is 11.8 Å². The topological polar surface area (TPSA) is 69.2 Å². The molecule has 1 saturated heterocycles. The minimum absolute atomic E-state index is 0.0295. The highest BCUT2D eigenvalue weighted by atomic mass is 32.2. The lowest BCUT2D eigenvalue weighted by Gasteiger charge is -2.26. The van der Waals surface area contributed by atoms with Crippen molar-refractivity contribution in [2.24, 2.45) is 0 Å². The average Bonchev–Trinajstić information content (AvgIpc) is 2.90. The van der Waals surface area contributed by atoms with Gasteiger partial charge in [-0.25, -0.2) is 4.98 Å². The van der Waals surface area contributed by atoms with E-state index < -0.39 is 0 Å². The maximum absolute atomic E-state index is 12.5. The van der Waals surface area contributed by atoms with Crippen LogP contribution in [0.1, 0.15) is 16.2 Å². The molecule has 1 aromatic heterocycles. The number of thioether (sulfide) groups is 1. The lowest BCUT2D eigenvalue weighted by molar-refractivity contribution is 0.0774. The lowest BCUT2D eigenvalue weighted by Crippen LogP contribution is -2.38. The van der Waals surface area contributed by atoms with E-state index in [1.165, 1.54) is 0 Å². The van der Waals surface area contributed by atoms with Gasteiger partial charge in [0.05, 0.1) is 11.1 Å². The molecule has 0 radical (unpaired) electrons. The van der Waals surface area contributed by atoms with E-state index in [2.05, 4.69) is 9.97 Å². The number of fused-ring (bicyclic) bond motifs is 1. The van der Waals surface area contributed by atoms with Gasteiger partial charge in [0, 0.05) is 24.6 Å². The quantitative estimate of drug-likeness (QED) is 0.866. The van der Waals surface area contributed by atoms with Gasteiger partial charge in [-0.05, 0) is 12.1 Å². The van der Waals surface area contributed by atoms with Gasteiger partial charge in [-0.15, -0.1) is 0 Å². The van der Waals surface area contributed by atoms with Crippen molar-refractivity contribution in [2.45, 2.75) is 6.61 Å². The Morgan fingerprint density at radius 1 is 1.42 bits per heavy atom. The van der Waals surface area contributed by atoms with Gasteiger partial charge in [0.15, 0.2) is 0 Å². The molecule has 19 heavy (non-hydrogen) atoms. The molecule has 1 aliphatic rings. The molecule has 5 nitrogen and oxygen atoms in total. The minimum Gasteiger partial charge on any atom is -0.388 e. The second kappa shape index (κ2) is 5.22. The van der Waals surface area contributed by atoms with Crippen molar-refractivity contribution in [3.8, 4) is 0 Å². The first-order valence-corrected chi connectivity index (χ1v) is 7.40. The van der Waals surface area contributed by atoms with Crippen molar-refractivity contribution in [3.05, 3.63) is 29.6 Å². The van der Waals surface area contributed by atoms with Gasteiger partial charge in [0.25, 0.3) is 5.91 Å². The number of aromatic nitrogens is 2. The van der Waals surface area contributed by atoms with Crippen LogP contribution in [0, 0.1) is 0 Å². The third kappa shape index (κ3) is 2.33. The molecule has 0 unspecified atom stereocenters. The summed E-state index contributed by atoms with van der Waals surface area (Å²) >= 11 is 1.87. The van der Waals surface area contributed by atoms with E-state index in [-0.39, 0.29) is 12.5 Å². The summed E-state index contributed by atoms with van der Waals surface area (Å²) in [5.41, 5.74) is 2.05. The number of hydrogen-bond donors (Lipinski definition) is 2. The SMILES string of the molecule is O=C(c1cccc2[nH]c(CO)nc12)N1CCSCC1. The van der Waals surface area contributed by atoms with Gasteiger partial charge in [0.2, 0.25) is 0 Å². The molecule has 0 aliphatic carbocycles. The normalized spacial score (nSPS) is 15.9. The number of rotatable bonds is 2. The van der Waals surface area contributed by atoms with Crippen LogP contribution in [0.25, 0.3) is 11.0 Å². The number of para-hydroxylation sites is 1. The molecule has 6 heteroatoms. The zero-order valence-electron chi connectivity index (χ0n) is 10.4. The Balaban J connectivity index is 1.99. The largest absolute Gasteiger partial charge is 0.388 e. The van der Waals surface area contributed by atoms with Crippen LogP contribution in [-0.4, -0.2) is 50.5 Å². The number of carbonyl (C=O) groups excluding carboxylic acids is 1. The molecule has 100 valence electrons. The highest BCUT2D eigenvalue weighted by Gasteiger charge is 2.21. The number of nitrogens with one attached hydrogen (secondary N) is 1. The number of amides is 1. The summed E-state index contributed by atoms with van der Waals surface area (Å²) in [6.07, 6.45) is 0. The molecule has 2 N–H and O–H groups in total. The molecule has 0 bridgehead atoms. The summed E-state index contributed by atoms with van der Waals surface area (Å²) in [4.78, 5) is 21.7. The first-order valence-electron chi connectivity index (χ1n) is 6.25. The molecule has 2 aromatic rings. The van der Waals surface area contributed by atoms with Crippen molar-refractivity contribution in [3.63, 3.8) is 0 Å². The smallest absolute Gasteiger partial charge is 0.256 e. The fourth-order valence-electron chi connectivity index (χ4n) is 2.27. The summed E-state index contributed by atoms with van der Waals surface area (Å²) in [6, 6.07) is 5.51. The number of nitrogens with zero attached hydrogens (tertiary/aromatic N) is 2. The predicted octanol–water partition coefficient (Wildman–Crippen LogP) is 1.24. The number of imidazole rings is 1. The third-order valence-electron chi connectivity index (χ3n) is 3.24. The molecule has 0 spiro atoms. The van der Waals surface area contributed by atoms with Crippen LogP contribution in [-0.2, 0) is 6.61 Å². The molecular weight excluding hydrogens is 262 g/mol. The zero-order chi connectivity index (χ0) is 13.2. The summed E-state index contributed by atoms with van der Waals surface area (Å²) in [5.74, 6) is 2.50. The van der Waals surface area contributed by atoms with E-state index in [4.69, 9.17) is 5.11 Å². The maximum atomic E-state index is 12.5. The second-order valence-corrected chi connectivity index (χ2v) is 5.67. The first kappa shape index (κ1) is 12.5.